The highest BCUT2D eigenvalue weighted by atomic mass is 32.1. The fourth-order valence-electron chi connectivity index (χ4n) is 1.39. The molecule has 82 valence electrons. The second-order valence-electron chi connectivity index (χ2n) is 3.39. The monoisotopic (exact) mass is 234 g/mol. The van der Waals surface area contributed by atoms with Crippen molar-refractivity contribution in [2.45, 2.75) is 6.92 Å². The van der Waals surface area contributed by atoms with Crippen molar-refractivity contribution >= 4 is 18.0 Å². The van der Waals surface area contributed by atoms with E-state index in [1.54, 1.807) is 6.20 Å². The molecule has 0 aliphatic heterocycles. The molecular weight excluding hydrogens is 224 g/mol. The lowest BCUT2D eigenvalue weighted by atomic mass is 10.3. The Morgan fingerprint density at radius 3 is 2.88 bits per heavy atom. The molecule has 16 heavy (non-hydrogen) atoms. The second-order valence-corrected chi connectivity index (χ2v) is 3.78. The van der Waals surface area contributed by atoms with Crippen molar-refractivity contribution in [3.8, 4) is 5.82 Å². The number of nitrogens with two attached hydrogens (primary N) is 1. The standard InChI is InChI=1S/C10H10N4OS/c1-6-2-3-12-8(4-6)14-7(11)5-9(15)13-10(14)16/h2-5H,11H2,1H3,(H,13,15,16). The Morgan fingerprint density at radius 2 is 2.25 bits per heavy atom. The van der Waals surface area contributed by atoms with Gasteiger partial charge < -0.3 is 5.73 Å². The number of anilines is 1. The fourth-order valence-corrected chi connectivity index (χ4v) is 1.69. The molecule has 0 aliphatic carbocycles. The molecule has 0 aromatic carbocycles. The molecule has 2 heterocycles. The summed E-state index contributed by atoms with van der Waals surface area (Å²) in [5.74, 6) is 0.866. The van der Waals surface area contributed by atoms with E-state index in [0.29, 0.717) is 5.82 Å². The number of nitrogens with one attached hydrogen (secondary N) is 1. The van der Waals surface area contributed by atoms with Gasteiger partial charge >= 0.3 is 0 Å². The lowest BCUT2D eigenvalue weighted by Crippen LogP contribution is -2.15. The summed E-state index contributed by atoms with van der Waals surface area (Å²) >= 11 is 5.04. The Morgan fingerprint density at radius 1 is 1.50 bits per heavy atom. The first-order chi connectivity index (χ1) is 7.58. The molecule has 3 N–H and O–H groups in total. The van der Waals surface area contributed by atoms with Gasteiger partial charge in [0.25, 0.3) is 5.56 Å². The van der Waals surface area contributed by atoms with Crippen LogP contribution in [0.1, 0.15) is 5.56 Å². The van der Waals surface area contributed by atoms with E-state index in [0.717, 1.165) is 5.56 Å². The Labute approximate surface area is 96.6 Å². The summed E-state index contributed by atoms with van der Waals surface area (Å²) in [7, 11) is 0. The summed E-state index contributed by atoms with van der Waals surface area (Å²) in [6, 6.07) is 4.99. The molecule has 0 saturated heterocycles. The molecule has 2 aromatic heterocycles. The van der Waals surface area contributed by atoms with E-state index in [4.69, 9.17) is 18.0 Å². The first kappa shape index (κ1) is 10.6. The molecule has 0 unspecified atom stereocenters. The number of pyridine rings is 1. The molecule has 0 fully saturated rings. The summed E-state index contributed by atoms with van der Waals surface area (Å²) in [4.78, 5) is 17.8. The number of aryl methyl sites for hydroxylation is 1. The van der Waals surface area contributed by atoms with Crippen molar-refractivity contribution in [2.24, 2.45) is 0 Å². The first-order valence-electron chi connectivity index (χ1n) is 4.63. The van der Waals surface area contributed by atoms with Gasteiger partial charge in [0.15, 0.2) is 4.77 Å². The minimum absolute atomic E-state index is 0.239. The molecule has 0 bridgehead atoms. The number of hydrogen-bond acceptors (Lipinski definition) is 4. The van der Waals surface area contributed by atoms with Gasteiger partial charge in [0.05, 0.1) is 0 Å². The van der Waals surface area contributed by atoms with E-state index in [2.05, 4.69) is 9.97 Å². The van der Waals surface area contributed by atoms with Crippen LogP contribution in [-0.2, 0) is 0 Å². The normalized spacial score (nSPS) is 10.3. The van der Waals surface area contributed by atoms with Gasteiger partial charge in [-0.05, 0) is 36.8 Å². The van der Waals surface area contributed by atoms with Crippen LogP contribution in [-0.4, -0.2) is 14.5 Å². The van der Waals surface area contributed by atoms with Crippen LogP contribution in [0.25, 0.3) is 5.82 Å². The lowest BCUT2D eigenvalue weighted by Gasteiger charge is -2.08. The van der Waals surface area contributed by atoms with Gasteiger partial charge in [0.2, 0.25) is 0 Å². The Hall–Kier alpha value is -1.95. The number of rotatable bonds is 1. The zero-order valence-electron chi connectivity index (χ0n) is 8.60. The quantitative estimate of drug-likeness (QED) is 0.726. The predicted octanol–water partition coefficient (Wildman–Crippen LogP) is 1.18. The van der Waals surface area contributed by atoms with E-state index in [9.17, 15) is 4.79 Å². The molecule has 0 amide bonds. The van der Waals surface area contributed by atoms with Gasteiger partial charge in [0, 0.05) is 12.3 Å². The summed E-state index contributed by atoms with van der Waals surface area (Å²) in [5.41, 5.74) is 6.47. The van der Waals surface area contributed by atoms with E-state index >= 15 is 0 Å². The summed E-state index contributed by atoms with van der Waals surface area (Å²) in [6.07, 6.45) is 1.66. The van der Waals surface area contributed by atoms with Gasteiger partial charge in [-0.1, -0.05) is 0 Å². The SMILES string of the molecule is Cc1ccnc(-n2c(N)cc(=O)[nH]c2=S)c1. The number of H-pyrrole nitrogens is 1. The topological polar surface area (TPSA) is 76.7 Å². The third-order valence-electron chi connectivity index (χ3n) is 2.10. The minimum Gasteiger partial charge on any atom is -0.385 e. The number of nitrogens with zero attached hydrogens (tertiary/aromatic N) is 2. The van der Waals surface area contributed by atoms with Crippen LogP contribution in [0.2, 0.25) is 0 Å². The van der Waals surface area contributed by atoms with E-state index in [-0.39, 0.29) is 16.1 Å². The molecule has 0 saturated carbocycles. The zero-order chi connectivity index (χ0) is 11.7. The summed E-state index contributed by atoms with van der Waals surface area (Å²) in [6.45, 7) is 1.94. The molecular formula is C10H10N4OS. The van der Waals surface area contributed by atoms with Crippen LogP contribution in [0.15, 0.2) is 29.2 Å². The van der Waals surface area contributed by atoms with Gasteiger partial charge in [-0.2, -0.15) is 0 Å². The maximum atomic E-state index is 11.1. The predicted molar refractivity (Wildman–Crippen MR) is 64.2 cm³/mol. The van der Waals surface area contributed by atoms with Crippen LogP contribution >= 0.6 is 12.2 Å². The highest BCUT2D eigenvalue weighted by Gasteiger charge is 2.04. The molecule has 0 atom stereocenters. The average Bonchev–Trinajstić information content (AvgIpc) is 2.15. The van der Waals surface area contributed by atoms with Crippen molar-refractivity contribution in [1.29, 1.82) is 0 Å². The summed E-state index contributed by atoms with van der Waals surface area (Å²) in [5, 5.41) is 0. The molecule has 0 radical (unpaired) electrons. The smallest absolute Gasteiger partial charge is 0.253 e. The first-order valence-corrected chi connectivity index (χ1v) is 5.03. The van der Waals surface area contributed by atoms with Gasteiger partial charge in [-0.3, -0.25) is 14.3 Å². The molecule has 0 spiro atoms. The van der Waals surface area contributed by atoms with Gasteiger partial charge in [-0.15, -0.1) is 0 Å². The van der Waals surface area contributed by atoms with E-state index in [1.807, 2.05) is 19.1 Å². The highest BCUT2D eigenvalue weighted by Crippen LogP contribution is 2.10. The highest BCUT2D eigenvalue weighted by molar-refractivity contribution is 7.71. The maximum Gasteiger partial charge on any atom is 0.253 e. The van der Waals surface area contributed by atoms with Crippen molar-refractivity contribution in [3.05, 3.63) is 45.1 Å². The molecule has 2 aromatic rings. The van der Waals surface area contributed by atoms with Crippen molar-refractivity contribution < 1.29 is 0 Å². The maximum absolute atomic E-state index is 11.1. The van der Waals surface area contributed by atoms with E-state index < -0.39 is 0 Å². The number of nitrogen functional groups attached to an aromatic ring is 1. The Kier molecular flexibility index (Phi) is 2.57. The molecule has 5 nitrogen and oxygen atoms in total. The van der Waals surface area contributed by atoms with Crippen molar-refractivity contribution in [2.75, 3.05) is 5.73 Å². The van der Waals surface area contributed by atoms with Crippen LogP contribution in [0.5, 0.6) is 0 Å². The molecule has 6 heteroatoms. The van der Waals surface area contributed by atoms with Crippen LogP contribution < -0.4 is 11.3 Å². The lowest BCUT2D eigenvalue weighted by molar-refractivity contribution is 0.913. The number of hydrogen-bond donors (Lipinski definition) is 2. The third kappa shape index (κ3) is 1.87. The Balaban J connectivity index is 2.74. The number of aromatic amines is 1. The molecule has 0 aliphatic rings. The van der Waals surface area contributed by atoms with Crippen LogP contribution in [0.3, 0.4) is 0 Å². The Bertz CT molecular complexity index is 644. The minimum atomic E-state index is -0.314. The van der Waals surface area contributed by atoms with Gasteiger partial charge in [0.1, 0.15) is 11.6 Å². The van der Waals surface area contributed by atoms with Gasteiger partial charge in [-0.25, -0.2) is 4.98 Å². The largest absolute Gasteiger partial charge is 0.385 e. The zero-order valence-corrected chi connectivity index (χ0v) is 9.41. The van der Waals surface area contributed by atoms with E-state index in [1.165, 1.54) is 10.6 Å². The second kappa shape index (κ2) is 3.90. The van der Waals surface area contributed by atoms with Crippen LogP contribution in [0, 0.1) is 11.7 Å². The average molecular weight is 234 g/mol. The third-order valence-corrected chi connectivity index (χ3v) is 2.39. The van der Waals surface area contributed by atoms with Crippen molar-refractivity contribution in [3.63, 3.8) is 0 Å². The molecule has 2 rings (SSSR count). The van der Waals surface area contributed by atoms with Crippen molar-refractivity contribution in [1.82, 2.24) is 14.5 Å². The van der Waals surface area contributed by atoms with Crippen LogP contribution in [0.4, 0.5) is 5.82 Å². The fraction of sp³-hybridized carbons (Fsp3) is 0.100. The summed E-state index contributed by atoms with van der Waals surface area (Å²) < 4.78 is 1.76. The number of aromatic nitrogens is 3.